The van der Waals surface area contributed by atoms with Gasteiger partial charge in [0.05, 0.1) is 53.2 Å². The third kappa shape index (κ3) is 3.64. The van der Waals surface area contributed by atoms with Crippen molar-refractivity contribution in [1.29, 1.82) is 0 Å². The van der Waals surface area contributed by atoms with Crippen LogP contribution in [0.2, 0.25) is 0 Å². The van der Waals surface area contributed by atoms with Crippen LogP contribution in [0.1, 0.15) is 5.69 Å². The lowest BCUT2D eigenvalue weighted by molar-refractivity contribution is 0.122. The molecule has 1 aromatic carbocycles. The molecule has 0 spiro atoms. The number of anilines is 2. The summed E-state index contributed by atoms with van der Waals surface area (Å²) in [6.07, 6.45) is 1.79. The minimum absolute atomic E-state index is 0.233. The van der Waals surface area contributed by atoms with Crippen LogP contribution in [0.15, 0.2) is 40.1 Å². The van der Waals surface area contributed by atoms with Crippen molar-refractivity contribution in [2.24, 2.45) is 7.05 Å². The number of nitrogens with zero attached hydrogens (tertiary/aromatic N) is 5. The molecule has 1 saturated heterocycles. The number of imidazole rings is 1. The summed E-state index contributed by atoms with van der Waals surface area (Å²) in [6, 6.07) is 6.12. The number of rotatable bonds is 5. The average Bonchev–Trinajstić information content (AvgIpc) is 3.56. The van der Waals surface area contributed by atoms with Gasteiger partial charge in [0, 0.05) is 37.4 Å². The maximum Gasteiger partial charge on any atom is 0.261 e. The highest BCUT2D eigenvalue weighted by Crippen LogP contribution is 2.31. The fraction of sp³-hybridized carbons (Fsp3) is 0.273. The van der Waals surface area contributed by atoms with Gasteiger partial charge in [-0.15, -0.1) is 11.3 Å². The lowest BCUT2D eigenvalue weighted by Gasteiger charge is -2.28. The zero-order valence-corrected chi connectivity index (χ0v) is 18.8. The molecule has 10 nitrogen and oxygen atoms in total. The Bertz CT molecular complexity index is 1490. The third-order valence-electron chi connectivity index (χ3n) is 5.80. The molecule has 0 saturated carbocycles. The smallest absolute Gasteiger partial charge is 0.261 e. The van der Waals surface area contributed by atoms with Crippen molar-refractivity contribution in [3.8, 4) is 11.4 Å². The number of H-pyrrole nitrogens is 2. The summed E-state index contributed by atoms with van der Waals surface area (Å²) in [7, 11) is 1.83. The normalized spacial score (nSPS) is 14.4. The highest BCUT2D eigenvalue weighted by Gasteiger charge is 2.21. The first-order chi connectivity index (χ1) is 16.2. The molecule has 168 valence electrons. The summed E-state index contributed by atoms with van der Waals surface area (Å²) >= 11 is 1.53. The van der Waals surface area contributed by atoms with Crippen molar-refractivity contribution in [2.75, 3.05) is 36.5 Å². The molecular weight excluding hydrogens is 440 g/mol. The molecule has 11 heteroatoms. The van der Waals surface area contributed by atoms with Crippen LogP contribution < -0.4 is 15.8 Å². The fourth-order valence-corrected chi connectivity index (χ4v) is 4.78. The van der Waals surface area contributed by atoms with Gasteiger partial charge in [-0.05, 0) is 18.2 Å². The molecule has 1 aliphatic heterocycles. The number of nitrogens with one attached hydrogen (secondary N) is 3. The Balaban J connectivity index is 1.46. The molecule has 0 bridgehead atoms. The van der Waals surface area contributed by atoms with Gasteiger partial charge in [0.2, 0.25) is 0 Å². The van der Waals surface area contributed by atoms with Gasteiger partial charge >= 0.3 is 0 Å². The predicted molar refractivity (Wildman–Crippen MR) is 129 cm³/mol. The van der Waals surface area contributed by atoms with Crippen molar-refractivity contribution in [1.82, 2.24) is 29.7 Å². The Morgan fingerprint density at radius 2 is 2.09 bits per heavy atom. The predicted octanol–water partition coefficient (Wildman–Crippen LogP) is 2.71. The molecule has 0 aliphatic carbocycles. The largest absolute Gasteiger partial charge is 0.378 e. The molecule has 5 aromatic rings. The number of benzene rings is 1. The van der Waals surface area contributed by atoms with Gasteiger partial charge in [-0.2, -0.15) is 5.10 Å². The number of thiazole rings is 1. The molecule has 0 radical (unpaired) electrons. The molecule has 0 amide bonds. The topological polar surface area (TPSA) is 117 Å². The van der Waals surface area contributed by atoms with Gasteiger partial charge in [0.1, 0.15) is 16.9 Å². The van der Waals surface area contributed by atoms with E-state index in [4.69, 9.17) is 9.72 Å². The molecule has 1 fully saturated rings. The Hall–Kier alpha value is -3.70. The number of hydrogen-bond acceptors (Lipinski definition) is 8. The lowest BCUT2D eigenvalue weighted by atomic mass is 10.2. The van der Waals surface area contributed by atoms with E-state index < -0.39 is 0 Å². The van der Waals surface area contributed by atoms with Crippen molar-refractivity contribution < 1.29 is 4.74 Å². The zero-order chi connectivity index (χ0) is 22.4. The van der Waals surface area contributed by atoms with Crippen LogP contribution in [0.5, 0.6) is 0 Å². The van der Waals surface area contributed by atoms with E-state index >= 15 is 0 Å². The van der Waals surface area contributed by atoms with E-state index in [1.807, 2.05) is 18.5 Å². The molecule has 4 aromatic heterocycles. The SMILES string of the molecule is Cn1cc2[nH]c(=O)c(-c3nc4ccc(N5CCOCC5)cc4[nH]3)c(NCc3cscn3)c2n1. The van der Waals surface area contributed by atoms with E-state index in [9.17, 15) is 4.79 Å². The Morgan fingerprint density at radius 3 is 2.91 bits per heavy atom. The molecule has 6 rings (SSSR count). The van der Waals surface area contributed by atoms with Gasteiger partial charge in [-0.25, -0.2) is 9.97 Å². The van der Waals surface area contributed by atoms with Crippen LogP contribution in [-0.4, -0.2) is 56.0 Å². The number of pyridine rings is 1. The summed E-state index contributed by atoms with van der Waals surface area (Å²) in [5, 5.41) is 9.94. The van der Waals surface area contributed by atoms with Gasteiger partial charge in [-0.1, -0.05) is 0 Å². The van der Waals surface area contributed by atoms with E-state index in [2.05, 4.69) is 42.4 Å². The van der Waals surface area contributed by atoms with Crippen LogP contribution >= 0.6 is 11.3 Å². The van der Waals surface area contributed by atoms with Crippen molar-refractivity contribution in [3.63, 3.8) is 0 Å². The first-order valence-electron chi connectivity index (χ1n) is 10.7. The zero-order valence-electron chi connectivity index (χ0n) is 18.0. The number of hydrogen-bond donors (Lipinski definition) is 3. The highest BCUT2D eigenvalue weighted by molar-refractivity contribution is 7.07. The quantitative estimate of drug-likeness (QED) is 0.368. The van der Waals surface area contributed by atoms with E-state index in [0.717, 1.165) is 48.7 Å². The first kappa shape index (κ1) is 19.9. The van der Waals surface area contributed by atoms with Crippen LogP contribution in [0, 0.1) is 0 Å². The summed E-state index contributed by atoms with van der Waals surface area (Å²) in [6.45, 7) is 3.63. The van der Waals surface area contributed by atoms with Crippen LogP contribution in [-0.2, 0) is 18.3 Å². The second-order valence-corrected chi connectivity index (χ2v) is 8.71. The summed E-state index contributed by atoms with van der Waals surface area (Å²) in [4.78, 5) is 30.9. The monoisotopic (exact) mass is 462 g/mol. The van der Waals surface area contributed by atoms with Gasteiger partial charge in [0.25, 0.3) is 5.56 Å². The molecule has 33 heavy (non-hydrogen) atoms. The second kappa shape index (κ2) is 8.01. The minimum Gasteiger partial charge on any atom is -0.378 e. The van der Waals surface area contributed by atoms with Gasteiger partial charge in [-0.3, -0.25) is 9.48 Å². The molecule has 5 heterocycles. The van der Waals surface area contributed by atoms with E-state index in [-0.39, 0.29) is 5.56 Å². The lowest BCUT2D eigenvalue weighted by Crippen LogP contribution is -2.36. The summed E-state index contributed by atoms with van der Waals surface area (Å²) < 4.78 is 7.15. The molecule has 3 N–H and O–H groups in total. The molecule has 0 atom stereocenters. The van der Waals surface area contributed by atoms with Crippen molar-refractivity contribution in [2.45, 2.75) is 6.54 Å². The van der Waals surface area contributed by atoms with Crippen molar-refractivity contribution in [3.05, 3.63) is 51.3 Å². The highest BCUT2D eigenvalue weighted by atomic mass is 32.1. The fourth-order valence-electron chi connectivity index (χ4n) is 4.22. The van der Waals surface area contributed by atoms with Crippen LogP contribution in [0.4, 0.5) is 11.4 Å². The maximum absolute atomic E-state index is 13.2. The van der Waals surface area contributed by atoms with E-state index in [1.54, 1.807) is 16.4 Å². The van der Waals surface area contributed by atoms with E-state index in [1.165, 1.54) is 11.3 Å². The van der Waals surface area contributed by atoms with Crippen LogP contribution in [0.25, 0.3) is 33.5 Å². The minimum atomic E-state index is -0.233. The number of fused-ring (bicyclic) bond motifs is 2. The van der Waals surface area contributed by atoms with Crippen molar-refractivity contribution >= 4 is 44.8 Å². The standard InChI is InChI=1S/C22H22N8O2S/c1-29-10-17-19(28-29)20(23-9-13-11-33-12-24-13)18(22(31)27-17)21-25-15-3-2-14(8-16(15)26-21)30-4-6-32-7-5-30/h2-3,8,10-12,23H,4-7,9H2,1H3,(H,25,26)(H,27,31). The Labute approximate surface area is 192 Å². The maximum atomic E-state index is 13.2. The third-order valence-corrected chi connectivity index (χ3v) is 6.43. The summed E-state index contributed by atoms with van der Waals surface area (Å²) in [5.74, 6) is 0.499. The Kier molecular flexibility index (Phi) is 4.84. The van der Waals surface area contributed by atoms with E-state index in [0.29, 0.717) is 34.7 Å². The number of aromatic nitrogens is 6. The second-order valence-electron chi connectivity index (χ2n) is 7.99. The van der Waals surface area contributed by atoms with Gasteiger partial charge in [0.15, 0.2) is 0 Å². The Morgan fingerprint density at radius 1 is 1.21 bits per heavy atom. The number of morpholine rings is 1. The molecule has 0 unspecified atom stereocenters. The first-order valence-corrected chi connectivity index (χ1v) is 11.6. The van der Waals surface area contributed by atoms with Gasteiger partial charge < -0.3 is 24.9 Å². The number of aryl methyl sites for hydroxylation is 1. The summed E-state index contributed by atoms with van der Waals surface area (Å²) in [5.41, 5.74) is 7.64. The molecular formula is C22H22N8O2S. The average molecular weight is 463 g/mol. The number of aromatic amines is 2. The molecule has 1 aliphatic rings. The van der Waals surface area contributed by atoms with Crippen LogP contribution in [0.3, 0.4) is 0 Å². The number of ether oxygens (including phenoxy) is 1.